The fourth-order valence-electron chi connectivity index (χ4n) is 2.78. The topological polar surface area (TPSA) is 55.3 Å². The lowest BCUT2D eigenvalue weighted by Crippen LogP contribution is -2.30. The Morgan fingerprint density at radius 3 is 2.72 bits per heavy atom. The third-order valence-electron chi connectivity index (χ3n) is 4.07. The molecule has 29 heavy (non-hydrogen) atoms. The van der Waals surface area contributed by atoms with Crippen molar-refractivity contribution >= 4 is 67.1 Å². The maximum absolute atomic E-state index is 13.3. The normalized spacial score (nSPS) is 11.0. The summed E-state index contributed by atoms with van der Waals surface area (Å²) in [6.07, 6.45) is 1.69. The molecule has 5 nitrogen and oxygen atoms in total. The Bertz CT molecular complexity index is 1160. The van der Waals surface area contributed by atoms with Gasteiger partial charge >= 0.3 is 0 Å². The molecule has 0 saturated heterocycles. The molecule has 0 fully saturated rings. The molecule has 0 spiro atoms. The monoisotopic (exact) mass is 463 g/mol. The van der Waals surface area contributed by atoms with Crippen molar-refractivity contribution in [2.24, 2.45) is 0 Å². The van der Waals surface area contributed by atoms with Gasteiger partial charge in [-0.05, 0) is 43.3 Å². The molecule has 9 heteroatoms. The number of halogens is 2. The predicted molar refractivity (Wildman–Crippen MR) is 120 cm³/mol. The fourth-order valence-corrected chi connectivity index (χ4v) is 5.22. The number of hydrogen-bond donors (Lipinski definition) is 0. The molecule has 0 saturated carbocycles. The molecule has 0 unspecified atom stereocenters. The number of benzene rings is 1. The third-order valence-corrected chi connectivity index (χ3v) is 6.60. The van der Waals surface area contributed by atoms with E-state index in [0.29, 0.717) is 26.0 Å². The van der Waals surface area contributed by atoms with Gasteiger partial charge in [0, 0.05) is 6.20 Å². The first-order valence-electron chi connectivity index (χ1n) is 8.75. The third kappa shape index (κ3) is 4.38. The lowest BCUT2D eigenvalue weighted by atomic mass is 10.2. The number of ether oxygens (including phenoxy) is 1. The van der Waals surface area contributed by atoms with Crippen molar-refractivity contribution < 1.29 is 9.53 Å². The van der Waals surface area contributed by atoms with Crippen LogP contribution in [0.25, 0.3) is 10.2 Å². The van der Waals surface area contributed by atoms with Crippen molar-refractivity contribution in [3.63, 3.8) is 0 Å². The van der Waals surface area contributed by atoms with Gasteiger partial charge in [0.15, 0.2) is 5.13 Å². The van der Waals surface area contributed by atoms with Crippen molar-refractivity contribution in [2.45, 2.75) is 13.5 Å². The quantitative estimate of drug-likeness (QED) is 0.336. The molecule has 3 aromatic heterocycles. The number of thiazole rings is 1. The summed E-state index contributed by atoms with van der Waals surface area (Å²) >= 11 is 14.9. The highest BCUT2D eigenvalue weighted by molar-refractivity contribution is 7.22. The molecule has 0 aliphatic carbocycles. The second-order valence-corrected chi connectivity index (χ2v) is 9.30. The van der Waals surface area contributed by atoms with Crippen LogP contribution in [0.2, 0.25) is 8.67 Å². The first kappa shape index (κ1) is 20.1. The van der Waals surface area contributed by atoms with Crippen LogP contribution in [0.4, 0.5) is 5.13 Å². The highest BCUT2D eigenvalue weighted by Crippen LogP contribution is 2.36. The summed E-state index contributed by atoms with van der Waals surface area (Å²) < 4.78 is 7.31. The van der Waals surface area contributed by atoms with E-state index in [-0.39, 0.29) is 12.5 Å². The van der Waals surface area contributed by atoms with Crippen LogP contribution in [-0.2, 0) is 6.54 Å². The first-order valence-corrected chi connectivity index (χ1v) is 11.1. The van der Waals surface area contributed by atoms with Crippen molar-refractivity contribution in [2.75, 3.05) is 11.5 Å². The van der Waals surface area contributed by atoms with Crippen LogP contribution < -0.4 is 9.64 Å². The number of carbonyl (C=O) groups excluding carboxylic acids is 1. The molecule has 0 atom stereocenters. The maximum atomic E-state index is 13.3. The summed E-state index contributed by atoms with van der Waals surface area (Å²) in [5, 5.41) is 0.558. The van der Waals surface area contributed by atoms with Crippen molar-refractivity contribution in [1.82, 2.24) is 9.97 Å². The molecule has 3 heterocycles. The smallest absolute Gasteiger partial charge is 0.262 e. The number of nitrogens with zero attached hydrogens (tertiary/aromatic N) is 3. The molecule has 0 radical (unpaired) electrons. The zero-order chi connectivity index (χ0) is 20.4. The van der Waals surface area contributed by atoms with Crippen molar-refractivity contribution in [3.05, 3.63) is 68.6 Å². The lowest BCUT2D eigenvalue weighted by Gasteiger charge is -2.19. The van der Waals surface area contributed by atoms with Crippen molar-refractivity contribution in [1.29, 1.82) is 0 Å². The average molecular weight is 464 g/mol. The molecule has 1 aromatic carbocycles. The van der Waals surface area contributed by atoms with E-state index < -0.39 is 0 Å². The molecule has 4 rings (SSSR count). The van der Waals surface area contributed by atoms with Gasteiger partial charge in [0.2, 0.25) is 0 Å². The Hall–Kier alpha value is -2.19. The Balaban J connectivity index is 1.76. The summed E-state index contributed by atoms with van der Waals surface area (Å²) in [6, 6.07) is 12.8. The largest absolute Gasteiger partial charge is 0.494 e. The van der Waals surface area contributed by atoms with Crippen LogP contribution in [0.15, 0.2) is 48.7 Å². The Labute approximate surface area is 185 Å². The number of anilines is 1. The average Bonchev–Trinajstić information content (AvgIpc) is 3.28. The maximum Gasteiger partial charge on any atom is 0.262 e. The SMILES string of the molecule is CCOc1ccc2nc(N(Cc3ccccn3)C(=O)c3cc(Cl)sc3Cl)sc2c1. The van der Waals surface area contributed by atoms with E-state index in [1.165, 1.54) is 11.3 Å². The van der Waals surface area contributed by atoms with E-state index >= 15 is 0 Å². The second kappa shape index (κ2) is 8.67. The summed E-state index contributed by atoms with van der Waals surface area (Å²) in [4.78, 5) is 23.9. The first-order chi connectivity index (χ1) is 14.0. The minimum absolute atomic E-state index is 0.265. The summed E-state index contributed by atoms with van der Waals surface area (Å²) in [5.41, 5.74) is 1.89. The van der Waals surface area contributed by atoms with E-state index in [4.69, 9.17) is 27.9 Å². The van der Waals surface area contributed by atoms with Gasteiger partial charge < -0.3 is 4.74 Å². The van der Waals surface area contributed by atoms with Gasteiger partial charge in [-0.15, -0.1) is 11.3 Å². The van der Waals surface area contributed by atoms with Crippen LogP contribution in [0, 0.1) is 0 Å². The van der Waals surface area contributed by atoms with E-state index in [9.17, 15) is 4.79 Å². The van der Waals surface area contributed by atoms with Crippen LogP contribution in [0.3, 0.4) is 0 Å². The molecule has 148 valence electrons. The second-order valence-electron chi connectivity index (χ2n) is 6.01. The predicted octanol–water partition coefficient (Wildman–Crippen LogP) is 6.31. The molecule has 4 aromatic rings. The molecule has 0 aliphatic rings. The molecular weight excluding hydrogens is 449 g/mol. The summed E-state index contributed by atoms with van der Waals surface area (Å²) in [7, 11) is 0. The number of amides is 1. The minimum Gasteiger partial charge on any atom is -0.494 e. The zero-order valence-electron chi connectivity index (χ0n) is 15.3. The molecule has 1 amide bonds. The van der Waals surface area contributed by atoms with E-state index in [1.807, 2.05) is 43.3 Å². The summed E-state index contributed by atoms with van der Waals surface area (Å²) in [5.74, 6) is 0.498. The number of rotatable bonds is 6. The van der Waals surface area contributed by atoms with Crippen LogP contribution >= 0.6 is 45.9 Å². The highest BCUT2D eigenvalue weighted by Gasteiger charge is 2.25. The molecule has 0 N–H and O–H groups in total. The van der Waals surface area contributed by atoms with Crippen LogP contribution in [0.1, 0.15) is 23.0 Å². The van der Waals surface area contributed by atoms with Gasteiger partial charge in [0.1, 0.15) is 10.1 Å². The minimum atomic E-state index is -0.270. The fraction of sp³-hybridized carbons (Fsp3) is 0.150. The van der Waals surface area contributed by atoms with E-state index in [1.54, 1.807) is 17.2 Å². The number of fused-ring (bicyclic) bond motifs is 1. The Kier molecular flexibility index (Phi) is 6.01. The van der Waals surface area contributed by atoms with Crippen molar-refractivity contribution in [3.8, 4) is 5.75 Å². The number of aromatic nitrogens is 2. The number of thiophene rings is 1. The van der Waals surface area contributed by atoms with Gasteiger partial charge in [-0.3, -0.25) is 14.7 Å². The standard InChI is InChI=1S/C20H15Cl2N3O2S2/c1-2-27-13-6-7-15-16(9-13)28-20(24-15)25(11-12-5-3-4-8-23-12)19(26)14-10-17(21)29-18(14)22/h3-10H,2,11H2,1H3. The number of pyridine rings is 1. The van der Waals surface area contributed by atoms with Gasteiger partial charge in [0.05, 0.1) is 39.0 Å². The van der Waals surface area contributed by atoms with Gasteiger partial charge in [-0.1, -0.05) is 40.6 Å². The van der Waals surface area contributed by atoms with Crippen LogP contribution in [0.5, 0.6) is 5.75 Å². The number of carbonyl (C=O) groups is 1. The van der Waals surface area contributed by atoms with Gasteiger partial charge in [0.25, 0.3) is 5.91 Å². The van der Waals surface area contributed by atoms with Crippen LogP contribution in [-0.4, -0.2) is 22.5 Å². The Morgan fingerprint density at radius 2 is 2.03 bits per heavy atom. The van der Waals surface area contributed by atoms with E-state index in [2.05, 4.69) is 9.97 Å². The molecule has 0 bridgehead atoms. The van der Waals surface area contributed by atoms with Gasteiger partial charge in [-0.25, -0.2) is 4.98 Å². The highest BCUT2D eigenvalue weighted by atomic mass is 35.5. The molecular formula is C20H15Cl2N3O2S2. The summed E-state index contributed by atoms with van der Waals surface area (Å²) in [6.45, 7) is 2.78. The Morgan fingerprint density at radius 1 is 1.17 bits per heavy atom. The lowest BCUT2D eigenvalue weighted by molar-refractivity contribution is 0.0985. The number of hydrogen-bond acceptors (Lipinski definition) is 6. The molecule has 0 aliphatic heterocycles. The van der Waals surface area contributed by atoms with E-state index in [0.717, 1.165) is 33.0 Å². The zero-order valence-corrected chi connectivity index (χ0v) is 18.4. The van der Waals surface area contributed by atoms with Gasteiger partial charge in [-0.2, -0.15) is 0 Å².